The van der Waals surface area contributed by atoms with Gasteiger partial charge in [0.2, 0.25) is 5.88 Å². The Hall–Kier alpha value is -0.840. The van der Waals surface area contributed by atoms with Gasteiger partial charge in [-0.1, -0.05) is 12.1 Å². The van der Waals surface area contributed by atoms with Gasteiger partial charge in [0.15, 0.2) is 0 Å². The second-order valence-corrected chi connectivity index (χ2v) is 4.22. The predicted octanol–water partition coefficient (Wildman–Crippen LogP) is 2.27. The van der Waals surface area contributed by atoms with Gasteiger partial charge in [-0.25, -0.2) is 0 Å². The van der Waals surface area contributed by atoms with E-state index in [4.69, 9.17) is 16.3 Å². The molecule has 1 aromatic heterocycles. The van der Waals surface area contributed by atoms with Crippen LogP contribution in [0.3, 0.4) is 0 Å². The topological polar surface area (TPSA) is 42.4 Å². The first-order chi connectivity index (χ1) is 7.31. The SMILES string of the molecule is OC(CCl)COc1nsc2ccccc12. The molecule has 0 aliphatic carbocycles. The van der Waals surface area contributed by atoms with E-state index < -0.39 is 6.10 Å². The van der Waals surface area contributed by atoms with Crippen LogP contribution in [0.1, 0.15) is 0 Å². The Balaban J connectivity index is 2.14. The number of benzene rings is 1. The molecule has 15 heavy (non-hydrogen) atoms. The summed E-state index contributed by atoms with van der Waals surface area (Å²) in [5.74, 6) is 0.738. The maximum absolute atomic E-state index is 9.25. The highest BCUT2D eigenvalue weighted by atomic mass is 35.5. The molecule has 1 heterocycles. The molecule has 0 aliphatic rings. The lowest BCUT2D eigenvalue weighted by Crippen LogP contribution is -2.18. The largest absolute Gasteiger partial charge is 0.474 e. The van der Waals surface area contributed by atoms with E-state index in [1.165, 1.54) is 11.5 Å². The lowest BCUT2D eigenvalue weighted by atomic mass is 10.3. The normalized spacial score (nSPS) is 12.9. The monoisotopic (exact) mass is 243 g/mol. The van der Waals surface area contributed by atoms with Crippen molar-refractivity contribution in [1.82, 2.24) is 4.37 Å². The van der Waals surface area contributed by atoms with Gasteiger partial charge in [-0.2, -0.15) is 4.37 Å². The molecule has 0 radical (unpaired) electrons. The average molecular weight is 244 g/mol. The number of aliphatic hydroxyl groups excluding tert-OH is 1. The average Bonchev–Trinajstić information content (AvgIpc) is 2.69. The van der Waals surface area contributed by atoms with Crippen LogP contribution in [-0.4, -0.2) is 28.1 Å². The number of hydrogen-bond acceptors (Lipinski definition) is 4. The van der Waals surface area contributed by atoms with Crippen LogP contribution >= 0.6 is 23.1 Å². The van der Waals surface area contributed by atoms with Gasteiger partial charge in [0.05, 0.1) is 16.0 Å². The molecular weight excluding hydrogens is 234 g/mol. The van der Waals surface area contributed by atoms with Crippen LogP contribution in [-0.2, 0) is 0 Å². The molecule has 0 bridgehead atoms. The van der Waals surface area contributed by atoms with E-state index in [0.717, 1.165) is 10.1 Å². The highest BCUT2D eigenvalue weighted by Gasteiger charge is 2.08. The third-order valence-corrected chi connectivity index (χ3v) is 3.10. The number of aromatic nitrogens is 1. The maximum atomic E-state index is 9.25. The van der Waals surface area contributed by atoms with E-state index in [-0.39, 0.29) is 12.5 Å². The lowest BCUT2D eigenvalue weighted by Gasteiger charge is -2.06. The van der Waals surface area contributed by atoms with Crippen molar-refractivity contribution >= 4 is 33.2 Å². The van der Waals surface area contributed by atoms with Crippen molar-refractivity contribution in [3.8, 4) is 5.88 Å². The van der Waals surface area contributed by atoms with Gasteiger partial charge in [-0.05, 0) is 23.7 Å². The van der Waals surface area contributed by atoms with Gasteiger partial charge in [0.25, 0.3) is 0 Å². The Kier molecular flexibility index (Phi) is 3.41. The van der Waals surface area contributed by atoms with Gasteiger partial charge in [-0.3, -0.25) is 0 Å². The Bertz CT molecular complexity index is 446. The van der Waals surface area contributed by atoms with Crippen molar-refractivity contribution in [3.63, 3.8) is 0 Å². The van der Waals surface area contributed by atoms with Crippen LogP contribution in [0.5, 0.6) is 5.88 Å². The van der Waals surface area contributed by atoms with E-state index in [9.17, 15) is 5.11 Å². The van der Waals surface area contributed by atoms with Crippen LogP contribution < -0.4 is 4.74 Å². The molecule has 0 saturated heterocycles. The van der Waals surface area contributed by atoms with Crippen molar-refractivity contribution in [2.75, 3.05) is 12.5 Å². The van der Waals surface area contributed by atoms with Crippen molar-refractivity contribution in [2.45, 2.75) is 6.10 Å². The first-order valence-corrected chi connectivity index (χ1v) is 5.83. The molecule has 0 amide bonds. The summed E-state index contributed by atoms with van der Waals surface area (Å²) in [7, 11) is 0. The van der Waals surface area contributed by atoms with E-state index in [1.54, 1.807) is 0 Å². The van der Waals surface area contributed by atoms with Gasteiger partial charge >= 0.3 is 0 Å². The number of aliphatic hydroxyl groups is 1. The molecular formula is C10H10ClNO2S. The lowest BCUT2D eigenvalue weighted by molar-refractivity contribution is 0.124. The zero-order valence-corrected chi connectivity index (χ0v) is 9.46. The minimum absolute atomic E-state index is 0.169. The molecule has 2 rings (SSSR count). The first kappa shape index (κ1) is 10.7. The Morgan fingerprint density at radius 3 is 3.07 bits per heavy atom. The second kappa shape index (κ2) is 4.79. The summed E-state index contributed by atoms with van der Waals surface area (Å²) in [6.07, 6.45) is -0.646. The van der Waals surface area contributed by atoms with Gasteiger partial charge in [0, 0.05) is 0 Å². The standard InChI is InChI=1S/C10H10ClNO2S/c11-5-7(13)6-14-10-8-3-1-2-4-9(8)15-12-10/h1-4,7,13H,5-6H2. The summed E-state index contributed by atoms with van der Waals surface area (Å²) in [6.45, 7) is 0.178. The number of fused-ring (bicyclic) bond motifs is 1. The van der Waals surface area contributed by atoms with E-state index in [2.05, 4.69) is 4.37 Å². The van der Waals surface area contributed by atoms with Crippen molar-refractivity contribution < 1.29 is 9.84 Å². The molecule has 1 N–H and O–H groups in total. The minimum Gasteiger partial charge on any atom is -0.474 e. The second-order valence-electron chi connectivity index (χ2n) is 3.10. The van der Waals surface area contributed by atoms with E-state index in [0.29, 0.717) is 5.88 Å². The third-order valence-electron chi connectivity index (χ3n) is 1.93. The molecule has 80 valence electrons. The van der Waals surface area contributed by atoms with Crippen LogP contribution in [0.2, 0.25) is 0 Å². The molecule has 2 aromatic rings. The summed E-state index contributed by atoms with van der Waals surface area (Å²) in [4.78, 5) is 0. The molecule has 0 fully saturated rings. The highest BCUT2D eigenvalue weighted by Crippen LogP contribution is 2.27. The molecule has 0 aliphatic heterocycles. The molecule has 0 saturated carbocycles. The third kappa shape index (κ3) is 2.40. The number of hydrogen-bond donors (Lipinski definition) is 1. The highest BCUT2D eigenvalue weighted by molar-refractivity contribution is 7.13. The molecule has 5 heteroatoms. The van der Waals surface area contributed by atoms with Crippen molar-refractivity contribution in [1.29, 1.82) is 0 Å². The number of ether oxygens (including phenoxy) is 1. The van der Waals surface area contributed by atoms with Crippen molar-refractivity contribution in [3.05, 3.63) is 24.3 Å². The number of alkyl halides is 1. The quantitative estimate of drug-likeness (QED) is 0.838. The van der Waals surface area contributed by atoms with Crippen LogP contribution in [0.25, 0.3) is 10.1 Å². The zero-order chi connectivity index (χ0) is 10.7. The summed E-state index contributed by atoms with van der Waals surface area (Å²) in [5, 5.41) is 10.2. The molecule has 1 aromatic carbocycles. The van der Waals surface area contributed by atoms with E-state index >= 15 is 0 Å². The Labute approximate surface area is 96.4 Å². The van der Waals surface area contributed by atoms with Gasteiger partial charge < -0.3 is 9.84 Å². The summed E-state index contributed by atoms with van der Waals surface area (Å²) < 4.78 is 10.6. The fourth-order valence-electron chi connectivity index (χ4n) is 1.19. The number of nitrogens with zero attached hydrogens (tertiary/aromatic N) is 1. The Morgan fingerprint density at radius 2 is 2.27 bits per heavy atom. The summed E-state index contributed by atoms with van der Waals surface area (Å²) in [6, 6.07) is 7.82. The molecule has 0 spiro atoms. The fraction of sp³-hybridized carbons (Fsp3) is 0.300. The van der Waals surface area contributed by atoms with Gasteiger partial charge in [-0.15, -0.1) is 11.6 Å². The van der Waals surface area contributed by atoms with Gasteiger partial charge in [0.1, 0.15) is 12.7 Å². The number of halogens is 1. The van der Waals surface area contributed by atoms with E-state index in [1.807, 2.05) is 24.3 Å². The summed E-state index contributed by atoms with van der Waals surface area (Å²) in [5.41, 5.74) is 0. The molecule has 3 nitrogen and oxygen atoms in total. The summed E-state index contributed by atoms with van der Waals surface area (Å²) >= 11 is 6.85. The molecule has 1 atom stereocenters. The van der Waals surface area contributed by atoms with Crippen molar-refractivity contribution in [2.24, 2.45) is 0 Å². The minimum atomic E-state index is -0.646. The smallest absolute Gasteiger partial charge is 0.233 e. The number of rotatable bonds is 4. The van der Waals surface area contributed by atoms with Crippen LogP contribution in [0.4, 0.5) is 0 Å². The van der Waals surface area contributed by atoms with Crippen LogP contribution in [0, 0.1) is 0 Å². The predicted molar refractivity (Wildman–Crippen MR) is 61.8 cm³/mol. The Morgan fingerprint density at radius 1 is 1.47 bits per heavy atom. The first-order valence-electron chi connectivity index (χ1n) is 4.52. The van der Waals surface area contributed by atoms with Crippen LogP contribution in [0.15, 0.2) is 24.3 Å². The maximum Gasteiger partial charge on any atom is 0.233 e. The fourth-order valence-corrected chi connectivity index (χ4v) is 2.00. The zero-order valence-electron chi connectivity index (χ0n) is 7.89. The molecule has 1 unspecified atom stereocenters.